The van der Waals surface area contributed by atoms with Gasteiger partial charge in [-0.1, -0.05) is 25.4 Å². The highest BCUT2D eigenvalue weighted by Gasteiger charge is 2.31. The average molecular weight is 283 g/mol. The molecule has 5 heteroatoms. The van der Waals surface area contributed by atoms with Gasteiger partial charge in [0.15, 0.2) is 0 Å². The Hall–Kier alpha value is -0.870. The summed E-state index contributed by atoms with van der Waals surface area (Å²) in [5.74, 6) is 2.46. The van der Waals surface area contributed by atoms with Crippen LogP contribution in [0.4, 0.5) is 5.82 Å². The predicted molar refractivity (Wildman–Crippen MR) is 79.9 cm³/mol. The molecule has 1 saturated heterocycles. The van der Waals surface area contributed by atoms with Gasteiger partial charge in [-0.2, -0.15) is 0 Å². The van der Waals surface area contributed by atoms with E-state index in [1.807, 2.05) is 6.07 Å². The van der Waals surface area contributed by atoms with Crippen LogP contribution in [0.2, 0.25) is 5.15 Å². The molecule has 106 valence electrons. The van der Waals surface area contributed by atoms with Crippen molar-refractivity contribution in [3.05, 3.63) is 17.0 Å². The Labute approximate surface area is 120 Å². The maximum atomic E-state index is 6.11. The molecule has 2 unspecified atom stereocenters. The van der Waals surface area contributed by atoms with Gasteiger partial charge in [-0.05, 0) is 26.4 Å². The number of hydrogen-bond acceptors (Lipinski definition) is 4. The van der Waals surface area contributed by atoms with E-state index in [2.05, 4.69) is 47.7 Å². The van der Waals surface area contributed by atoms with Gasteiger partial charge in [-0.3, -0.25) is 0 Å². The summed E-state index contributed by atoms with van der Waals surface area (Å²) in [4.78, 5) is 13.5. The molecule has 2 atom stereocenters. The van der Waals surface area contributed by atoms with Crippen molar-refractivity contribution in [2.75, 3.05) is 32.1 Å². The van der Waals surface area contributed by atoms with E-state index < -0.39 is 0 Å². The van der Waals surface area contributed by atoms with E-state index in [0.717, 1.165) is 37.6 Å². The number of anilines is 1. The lowest BCUT2D eigenvalue weighted by molar-refractivity contribution is 0.266. The zero-order valence-corrected chi connectivity index (χ0v) is 13.0. The molecule has 2 rings (SSSR count). The standard InChI is InChI=1S/C14H23ClN4/c1-5-6-13-16-12(15)7-14(17-13)19-8-10(2)11(9-19)18(3)4/h7,10-11H,5-6,8-9H2,1-4H3. The second-order valence-corrected chi connectivity index (χ2v) is 6.02. The van der Waals surface area contributed by atoms with Crippen molar-refractivity contribution in [3.63, 3.8) is 0 Å². The molecule has 0 aliphatic carbocycles. The SMILES string of the molecule is CCCc1nc(Cl)cc(N2CC(C)C(N(C)C)C2)n1. The summed E-state index contributed by atoms with van der Waals surface area (Å²) < 4.78 is 0. The van der Waals surface area contributed by atoms with Crippen LogP contribution in [-0.2, 0) is 6.42 Å². The summed E-state index contributed by atoms with van der Waals surface area (Å²) in [6.45, 7) is 6.46. The van der Waals surface area contributed by atoms with E-state index in [-0.39, 0.29) is 0 Å². The summed E-state index contributed by atoms with van der Waals surface area (Å²) in [5.41, 5.74) is 0. The van der Waals surface area contributed by atoms with Crippen molar-refractivity contribution in [1.29, 1.82) is 0 Å². The number of likely N-dealkylation sites (N-methyl/N-ethyl adjacent to an activating group) is 1. The van der Waals surface area contributed by atoms with Gasteiger partial charge in [-0.25, -0.2) is 9.97 Å². The van der Waals surface area contributed by atoms with Crippen molar-refractivity contribution < 1.29 is 0 Å². The number of aromatic nitrogens is 2. The number of hydrogen-bond donors (Lipinski definition) is 0. The fraction of sp³-hybridized carbons (Fsp3) is 0.714. The highest BCUT2D eigenvalue weighted by molar-refractivity contribution is 6.29. The molecule has 19 heavy (non-hydrogen) atoms. The van der Waals surface area contributed by atoms with E-state index in [1.165, 1.54) is 0 Å². The Bertz CT molecular complexity index is 435. The monoisotopic (exact) mass is 282 g/mol. The summed E-state index contributed by atoms with van der Waals surface area (Å²) in [6.07, 6.45) is 1.92. The first-order valence-corrected chi connectivity index (χ1v) is 7.34. The van der Waals surface area contributed by atoms with Crippen LogP contribution in [0.3, 0.4) is 0 Å². The number of halogens is 1. The van der Waals surface area contributed by atoms with Gasteiger partial charge in [0.2, 0.25) is 0 Å². The molecule has 0 spiro atoms. The third kappa shape index (κ3) is 3.37. The molecule has 2 heterocycles. The molecule has 1 aliphatic rings. The van der Waals surface area contributed by atoms with Gasteiger partial charge >= 0.3 is 0 Å². The maximum Gasteiger partial charge on any atom is 0.134 e. The van der Waals surface area contributed by atoms with Crippen molar-refractivity contribution in [1.82, 2.24) is 14.9 Å². The van der Waals surface area contributed by atoms with Crippen LogP contribution in [0.25, 0.3) is 0 Å². The molecule has 0 amide bonds. The van der Waals surface area contributed by atoms with Gasteiger partial charge < -0.3 is 9.80 Å². The smallest absolute Gasteiger partial charge is 0.134 e. The van der Waals surface area contributed by atoms with Crippen molar-refractivity contribution >= 4 is 17.4 Å². The lowest BCUT2D eigenvalue weighted by atomic mass is 10.1. The van der Waals surface area contributed by atoms with Crippen LogP contribution >= 0.6 is 11.6 Å². The number of rotatable bonds is 4. The van der Waals surface area contributed by atoms with Crippen molar-refractivity contribution in [2.24, 2.45) is 5.92 Å². The molecule has 1 aliphatic heterocycles. The third-order valence-electron chi connectivity index (χ3n) is 3.76. The Kier molecular flexibility index (Phi) is 4.63. The molecule has 1 fully saturated rings. The first-order valence-electron chi connectivity index (χ1n) is 6.96. The molecule has 4 nitrogen and oxygen atoms in total. The normalized spacial score (nSPS) is 23.4. The topological polar surface area (TPSA) is 32.3 Å². The molecule has 1 aromatic heterocycles. The van der Waals surface area contributed by atoms with Gasteiger partial charge in [0.05, 0.1) is 0 Å². The third-order valence-corrected chi connectivity index (χ3v) is 3.95. The van der Waals surface area contributed by atoms with E-state index in [4.69, 9.17) is 11.6 Å². The minimum Gasteiger partial charge on any atom is -0.355 e. The van der Waals surface area contributed by atoms with E-state index in [9.17, 15) is 0 Å². The zero-order valence-electron chi connectivity index (χ0n) is 12.2. The number of nitrogens with zero attached hydrogens (tertiary/aromatic N) is 4. The summed E-state index contributed by atoms with van der Waals surface area (Å²) in [6, 6.07) is 2.45. The van der Waals surface area contributed by atoms with Gasteiger partial charge in [0, 0.05) is 31.6 Å². The van der Waals surface area contributed by atoms with Crippen LogP contribution in [0.5, 0.6) is 0 Å². The van der Waals surface area contributed by atoms with E-state index in [1.54, 1.807) is 0 Å². The van der Waals surface area contributed by atoms with E-state index in [0.29, 0.717) is 17.1 Å². The molecule has 0 bridgehead atoms. The van der Waals surface area contributed by atoms with Crippen LogP contribution in [0.1, 0.15) is 26.1 Å². The molecule has 0 N–H and O–H groups in total. The molecular formula is C14H23ClN4. The first kappa shape index (κ1) is 14.5. The van der Waals surface area contributed by atoms with Gasteiger partial charge in [0.1, 0.15) is 16.8 Å². The second-order valence-electron chi connectivity index (χ2n) is 5.63. The van der Waals surface area contributed by atoms with Crippen molar-refractivity contribution in [2.45, 2.75) is 32.7 Å². The van der Waals surface area contributed by atoms with Crippen molar-refractivity contribution in [3.8, 4) is 0 Å². The Balaban J connectivity index is 2.18. The van der Waals surface area contributed by atoms with Crippen LogP contribution in [-0.4, -0.2) is 48.1 Å². The second kappa shape index (κ2) is 6.06. The fourth-order valence-corrected chi connectivity index (χ4v) is 2.95. The quantitative estimate of drug-likeness (QED) is 0.794. The molecule has 1 aromatic rings. The van der Waals surface area contributed by atoms with E-state index >= 15 is 0 Å². The Morgan fingerprint density at radius 3 is 2.68 bits per heavy atom. The molecule has 0 aromatic carbocycles. The maximum absolute atomic E-state index is 6.11. The molecule has 0 saturated carbocycles. The number of aryl methyl sites for hydroxylation is 1. The largest absolute Gasteiger partial charge is 0.355 e. The fourth-order valence-electron chi connectivity index (χ4n) is 2.76. The zero-order chi connectivity index (χ0) is 14.0. The predicted octanol–water partition coefficient (Wildman–Crippen LogP) is 2.47. The first-order chi connectivity index (χ1) is 9.01. The average Bonchev–Trinajstić information content (AvgIpc) is 2.71. The Morgan fingerprint density at radius 1 is 1.37 bits per heavy atom. The summed E-state index contributed by atoms with van der Waals surface area (Å²) >= 11 is 6.11. The van der Waals surface area contributed by atoms with Gasteiger partial charge in [-0.15, -0.1) is 0 Å². The molecule has 0 radical (unpaired) electrons. The highest BCUT2D eigenvalue weighted by atomic mass is 35.5. The lowest BCUT2D eigenvalue weighted by Gasteiger charge is -2.22. The molecular weight excluding hydrogens is 260 g/mol. The van der Waals surface area contributed by atoms with Gasteiger partial charge in [0.25, 0.3) is 0 Å². The summed E-state index contributed by atoms with van der Waals surface area (Å²) in [7, 11) is 4.28. The lowest BCUT2D eigenvalue weighted by Crippen LogP contribution is -2.34. The van der Waals surface area contributed by atoms with Crippen LogP contribution < -0.4 is 4.90 Å². The Morgan fingerprint density at radius 2 is 2.11 bits per heavy atom. The minimum absolute atomic E-state index is 0.550. The highest BCUT2D eigenvalue weighted by Crippen LogP contribution is 2.26. The summed E-state index contributed by atoms with van der Waals surface area (Å²) in [5, 5.41) is 0.550. The van der Waals surface area contributed by atoms with Crippen LogP contribution in [0, 0.1) is 5.92 Å². The van der Waals surface area contributed by atoms with Crippen LogP contribution in [0.15, 0.2) is 6.07 Å². The minimum atomic E-state index is 0.550.